The number of aromatic amines is 1. The largest absolute Gasteiger partial charge is 0.356 e. The summed E-state index contributed by atoms with van der Waals surface area (Å²) in [5.74, 6) is 0.870. The van der Waals surface area contributed by atoms with Crippen molar-refractivity contribution in [1.82, 2.24) is 15.5 Å². The van der Waals surface area contributed by atoms with E-state index in [1.54, 1.807) is 0 Å². The molecule has 1 aliphatic rings. The third-order valence-corrected chi connectivity index (χ3v) is 3.23. The average molecular weight is 243 g/mol. The molecule has 0 saturated heterocycles. The van der Waals surface area contributed by atoms with E-state index in [1.807, 2.05) is 6.20 Å². The van der Waals surface area contributed by atoms with Crippen LogP contribution in [0.15, 0.2) is 23.3 Å². The molecule has 2 aromatic rings. The van der Waals surface area contributed by atoms with Gasteiger partial charge in [0, 0.05) is 29.7 Å². The first-order valence-electron chi connectivity index (χ1n) is 6.39. The van der Waals surface area contributed by atoms with Gasteiger partial charge in [0.25, 0.3) is 0 Å². The van der Waals surface area contributed by atoms with E-state index in [9.17, 15) is 0 Å². The minimum absolute atomic E-state index is 0.870. The quantitative estimate of drug-likeness (QED) is 0.754. The smallest absolute Gasteiger partial charge is 0.195 e. The van der Waals surface area contributed by atoms with Gasteiger partial charge in [-0.3, -0.25) is 10.1 Å². The van der Waals surface area contributed by atoms with Crippen LogP contribution in [0.2, 0.25) is 0 Å². The Morgan fingerprint density at radius 3 is 3.11 bits per heavy atom. The Labute approximate surface area is 106 Å². The number of nitrogens with one attached hydrogen (secondary N) is 3. The third kappa shape index (κ3) is 1.92. The maximum Gasteiger partial charge on any atom is 0.195 e. The van der Waals surface area contributed by atoms with Gasteiger partial charge in [0.1, 0.15) is 0 Å². The summed E-state index contributed by atoms with van der Waals surface area (Å²) in [6.45, 7) is 4.03. The third-order valence-electron chi connectivity index (χ3n) is 3.23. The summed E-state index contributed by atoms with van der Waals surface area (Å²) in [5, 5.41) is 15.0. The van der Waals surface area contributed by atoms with Crippen LogP contribution in [-0.2, 0) is 6.42 Å². The maximum atomic E-state index is 4.44. The Kier molecular flexibility index (Phi) is 2.88. The molecule has 0 atom stereocenters. The number of hydrogen-bond acceptors (Lipinski definition) is 4. The van der Waals surface area contributed by atoms with Crippen LogP contribution in [0.4, 0.5) is 5.69 Å². The molecule has 0 aliphatic carbocycles. The minimum Gasteiger partial charge on any atom is -0.356 e. The molecule has 3 rings (SSSR count). The van der Waals surface area contributed by atoms with Crippen molar-refractivity contribution < 1.29 is 0 Å². The zero-order valence-corrected chi connectivity index (χ0v) is 10.5. The molecule has 0 bridgehead atoms. The molecule has 3 N–H and O–H groups in total. The molecule has 5 heteroatoms. The number of benzene rings is 1. The molecule has 0 spiro atoms. The summed E-state index contributed by atoms with van der Waals surface area (Å²) >= 11 is 0. The molecule has 2 heterocycles. The van der Waals surface area contributed by atoms with E-state index >= 15 is 0 Å². The molecule has 1 aromatic carbocycles. The van der Waals surface area contributed by atoms with Crippen molar-refractivity contribution in [2.24, 2.45) is 4.99 Å². The summed E-state index contributed by atoms with van der Waals surface area (Å²) in [6, 6.07) is 4.17. The second kappa shape index (κ2) is 4.68. The molecule has 1 aliphatic heterocycles. The second-order valence-electron chi connectivity index (χ2n) is 4.42. The van der Waals surface area contributed by atoms with Crippen LogP contribution in [0.3, 0.4) is 0 Å². The number of aromatic nitrogens is 2. The highest BCUT2D eigenvalue weighted by molar-refractivity contribution is 5.97. The minimum atomic E-state index is 0.870. The summed E-state index contributed by atoms with van der Waals surface area (Å²) in [4.78, 5) is 4.44. The van der Waals surface area contributed by atoms with Gasteiger partial charge in [-0.1, -0.05) is 6.92 Å². The van der Waals surface area contributed by atoms with E-state index in [4.69, 9.17) is 0 Å². The Hall–Kier alpha value is -2.04. The van der Waals surface area contributed by atoms with Crippen LogP contribution in [-0.4, -0.2) is 29.2 Å². The van der Waals surface area contributed by atoms with Crippen LogP contribution in [0.5, 0.6) is 0 Å². The molecule has 0 fully saturated rings. The monoisotopic (exact) mass is 243 g/mol. The number of aryl methyl sites for hydroxylation is 1. The van der Waals surface area contributed by atoms with E-state index in [0.29, 0.717) is 0 Å². The Morgan fingerprint density at radius 1 is 1.39 bits per heavy atom. The van der Waals surface area contributed by atoms with E-state index in [1.165, 1.54) is 5.56 Å². The van der Waals surface area contributed by atoms with Crippen molar-refractivity contribution in [2.75, 3.05) is 18.4 Å². The van der Waals surface area contributed by atoms with Crippen LogP contribution >= 0.6 is 0 Å². The lowest BCUT2D eigenvalue weighted by atomic mass is 10.1. The van der Waals surface area contributed by atoms with Crippen LogP contribution in [0.25, 0.3) is 10.9 Å². The zero-order chi connectivity index (χ0) is 12.4. The predicted octanol–water partition coefficient (Wildman–Crippen LogP) is 1.89. The SMILES string of the molecule is CCc1c(NC2=NCCCN2)ccc2cn[nH]c12. The highest BCUT2D eigenvalue weighted by Crippen LogP contribution is 2.25. The Morgan fingerprint density at radius 2 is 2.33 bits per heavy atom. The number of guanidine groups is 1. The zero-order valence-electron chi connectivity index (χ0n) is 10.5. The lowest BCUT2D eigenvalue weighted by Gasteiger charge is -2.18. The summed E-state index contributed by atoms with van der Waals surface area (Å²) < 4.78 is 0. The molecule has 0 unspecified atom stereocenters. The van der Waals surface area contributed by atoms with E-state index in [-0.39, 0.29) is 0 Å². The number of H-pyrrole nitrogens is 1. The fourth-order valence-corrected chi connectivity index (χ4v) is 2.30. The number of aliphatic imine (C=N–C) groups is 1. The van der Waals surface area contributed by atoms with Gasteiger partial charge >= 0.3 is 0 Å². The standard InChI is InChI=1S/C13H17N5/c1-2-10-11(17-13-14-6-3-7-15-13)5-4-9-8-16-18-12(9)10/h4-5,8H,2-3,6-7H2,1H3,(H,16,18)(H2,14,15,17). The average Bonchev–Trinajstić information content (AvgIpc) is 2.88. The Balaban J connectivity index is 1.97. The fourth-order valence-electron chi connectivity index (χ4n) is 2.30. The molecule has 5 nitrogen and oxygen atoms in total. The molecule has 0 amide bonds. The molecule has 0 saturated carbocycles. The molecular weight excluding hydrogens is 226 g/mol. The van der Waals surface area contributed by atoms with Crippen molar-refractivity contribution in [2.45, 2.75) is 19.8 Å². The van der Waals surface area contributed by atoms with E-state index in [0.717, 1.165) is 48.5 Å². The predicted molar refractivity (Wildman–Crippen MR) is 74.0 cm³/mol. The van der Waals surface area contributed by atoms with Crippen molar-refractivity contribution in [1.29, 1.82) is 0 Å². The van der Waals surface area contributed by atoms with Crippen molar-refractivity contribution in [3.8, 4) is 0 Å². The van der Waals surface area contributed by atoms with Crippen LogP contribution in [0.1, 0.15) is 18.9 Å². The molecule has 18 heavy (non-hydrogen) atoms. The van der Waals surface area contributed by atoms with Gasteiger partial charge < -0.3 is 10.6 Å². The van der Waals surface area contributed by atoms with Gasteiger partial charge in [-0.05, 0) is 25.0 Å². The van der Waals surface area contributed by atoms with Gasteiger partial charge in [0.2, 0.25) is 0 Å². The summed E-state index contributed by atoms with van der Waals surface area (Å²) in [7, 11) is 0. The number of hydrogen-bond donors (Lipinski definition) is 3. The summed E-state index contributed by atoms with van der Waals surface area (Å²) in [5.41, 5.74) is 3.46. The molecule has 0 radical (unpaired) electrons. The van der Waals surface area contributed by atoms with Gasteiger partial charge in [-0.25, -0.2) is 0 Å². The number of anilines is 1. The highest BCUT2D eigenvalue weighted by Gasteiger charge is 2.10. The van der Waals surface area contributed by atoms with Crippen LogP contribution in [0, 0.1) is 0 Å². The van der Waals surface area contributed by atoms with Gasteiger partial charge in [0.15, 0.2) is 5.96 Å². The summed E-state index contributed by atoms with van der Waals surface area (Å²) in [6.07, 6.45) is 3.91. The normalized spacial score (nSPS) is 15.3. The molecular formula is C13H17N5. The van der Waals surface area contributed by atoms with Crippen molar-refractivity contribution in [3.05, 3.63) is 23.9 Å². The fraction of sp³-hybridized carbons (Fsp3) is 0.385. The highest BCUT2D eigenvalue weighted by atomic mass is 15.2. The second-order valence-corrected chi connectivity index (χ2v) is 4.42. The topological polar surface area (TPSA) is 65.1 Å². The van der Waals surface area contributed by atoms with E-state index < -0.39 is 0 Å². The van der Waals surface area contributed by atoms with E-state index in [2.05, 4.69) is 44.9 Å². The first kappa shape index (κ1) is 11.1. The maximum absolute atomic E-state index is 4.44. The number of rotatable bonds is 2. The van der Waals surface area contributed by atoms with Gasteiger partial charge in [-0.2, -0.15) is 5.10 Å². The molecule has 94 valence electrons. The van der Waals surface area contributed by atoms with Gasteiger partial charge in [0.05, 0.1) is 11.7 Å². The number of nitrogens with zero attached hydrogens (tertiary/aromatic N) is 2. The van der Waals surface area contributed by atoms with Crippen LogP contribution < -0.4 is 10.6 Å². The lowest BCUT2D eigenvalue weighted by Crippen LogP contribution is -2.35. The first-order chi connectivity index (χ1) is 8.88. The van der Waals surface area contributed by atoms with Gasteiger partial charge in [-0.15, -0.1) is 0 Å². The van der Waals surface area contributed by atoms with Crippen molar-refractivity contribution in [3.63, 3.8) is 0 Å². The molecule has 1 aromatic heterocycles. The first-order valence-corrected chi connectivity index (χ1v) is 6.39. The van der Waals surface area contributed by atoms with Crippen molar-refractivity contribution >= 4 is 22.5 Å². The number of fused-ring (bicyclic) bond motifs is 1. The Bertz CT molecular complexity index is 584. The lowest BCUT2D eigenvalue weighted by molar-refractivity contribution is 0.740.